The van der Waals surface area contributed by atoms with Crippen LogP contribution in [0, 0.1) is 10.1 Å². The van der Waals surface area contributed by atoms with E-state index in [9.17, 15) is 24.5 Å². The highest BCUT2D eigenvalue weighted by atomic mass is 16.6. The Kier molecular flexibility index (Phi) is 7.01. The Morgan fingerprint density at radius 1 is 1.03 bits per heavy atom. The van der Waals surface area contributed by atoms with Gasteiger partial charge in [0.2, 0.25) is 5.91 Å². The lowest BCUT2D eigenvalue weighted by molar-refractivity contribution is -0.384. The highest BCUT2D eigenvalue weighted by Crippen LogP contribution is 2.35. The summed E-state index contributed by atoms with van der Waals surface area (Å²) in [6.07, 6.45) is 0.659. The molecule has 0 unspecified atom stereocenters. The van der Waals surface area contributed by atoms with E-state index in [1.54, 1.807) is 24.3 Å². The van der Waals surface area contributed by atoms with Gasteiger partial charge in [0, 0.05) is 18.7 Å². The second kappa shape index (κ2) is 10.5. The number of fused-ring (bicyclic) bond motifs is 1. The molecule has 0 saturated heterocycles. The van der Waals surface area contributed by atoms with Crippen molar-refractivity contribution in [2.45, 2.75) is 6.42 Å². The van der Waals surface area contributed by atoms with Crippen LogP contribution in [-0.2, 0) is 16.0 Å². The number of nitrogens with zero attached hydrogens (tertiary/aromatic N) is 2. The summed E-state index contributed by atoms with van der Waals surface area (Å²) in [5, 5.41) is 16.7. The molecule has 0 spiro atoms. The molecule has 35 heavy (non-hydrogen) atoms. The van der Waals surface area contributed by atoms with Crippen LogP contribution in [-0.4, -0.2) is 42.3 Å². The van der Waals surface area contributed by atoms with Crippen LogP contribution in [0.2, 0.25) is 0 Å². The van der Waals surface area contributed by atoms with Crippen LogP contribution >= 0.6 is 0 Å². The maximum atomic E-state index is 12.8. The van der Waals surface area contributed by atoms with Crippen LogP contribution in [0.5, 0.6) is 5.75 Å². The Hall–Kier alpha value is -4.73. The fourth-order valence-electron chi connectivity index (χ4n) is 3.66. The molecule has 1 aliphatic rings. The molecule has 10 heteroatoms. The number of carbonyl (C=O) groups excluding carboxylic acids is 3. The fraction of sp³-hybridized carbons (Fsp3) is 0.160. The second-order valence-electron chi connectivity index (χ2n) is 7.76. The van der Waals surface area contributed by atoms with Crippen LogP contribution in [0.15, 0.2) is 72.8 Å². The molecule has 178 valence electrons. The van der Waals surface area contributed by atoms with Crippen molar-refractivity contribution in [2.24, 2.45) is 0 Å². The summed E-state index contributed by atoms with van der Waals surface area (Å²) in [5.41, 5.74) is 1.56. The molecule has 3 aromatic carbocycles. The molecule has 0 radical (unpaired) electrons. The quantitative estimate of drug-likeness (QED) is 0.381. The third-order valence-corrected chi connectivity index (χ3v) is 5.39. The number of anilines is 2. The van der Waals surface area contributed by atoms with E-state index in [1.165, 1.54) is 18.2 Å². The van der Waals surface area contributed by atoms with Crippen molar-refractivity contribution in [2.75, 3.05) is 29.9 Å². The molecule has 2 N–H and O–H groups in total. The lowest BCUT2D eigenvalue weighted by Crippen LogP contribution is -2.43. The van der Waals surface area contributed by atoms with Gasteiger partial charge in [-0.2, -0.15) is 0 Å². The van der Waals surface area contributed by atoms with Crippen molar-refractivity contribution in [3.8, 4) is 5.75 Å². The van der Waals surface area contributed by atoms with Crippen molar-refractivity contribution < 1.29 is 24.0 Å². The Labute approximate surface area is 200 Å². The van der Waals surface area contributed by atoms with E-state index >= 15 is 0 Å². The normalized spacial score (nSPS) is 12.3. The van der Waals surface area contributed by atoms with Gasteiger partial charge in [-0.15, -0.1) is 0 Å². The SMILES string of the molecule is O=C(CN1C(=O)COc2ccc([N+](=O)[O-])cc21)Nc1ccccc1C(=O)NCCc1ccccc1. The van der Waals surface area contributed by atoms with Crippen molar-refractivity contribution >= 4 is 34.8 Å². The topological polar surface area (TPSA) is 131 Å². The number of hydrogen-bond acceptors (Lipinski definition) is 6. The Morgan fingerprint density at radius 3 is 2.54 bits per heavy atom. The average Bonchev–Trinajstić information content (AvgIpc) is 2.86. The summed E-state index contributed by atoms with van der Waals surface area (Å²) in [7, 11) is 0. The summed E-state index contributed by atoms with van der Waals surface area (Å²) in [4.78, 5) is 49.7. The minimum absolute atomic E-state index is 0.137. The van der Waals surface area contributed by atoms with Crippen molar-refractivity contribution in [1.82, 2.24) is 5.32 Å². The van der Waals surface area contributed by atoms with E-state index in [0.29, 0.717) is 13.0 Å². The number of rotatable bonds is 8. The number of ether oxygens (including phenoxy) is 1. The molecule has 0 bridgehead atoms. The Balaban J connectivity index is 1.44. The molecule has 0 atom stereocenters. The predicted octanol–water partition coefficient (Wildman–Crippen LogP) is 2.93. The summed E-state index contributed by atoms with van der Waals surface area (Å²) in [5.74, 6) is -1.16. The highest BCUT2D eigenvalue weighted by molar-refractivity contribution is 6.08. The van der Waals surface area contributed by atoms with Crippen molar-refractivity contribution in [3.05, 3.63) is 94.0 Å². The van der Waals surface area contributed by atoms with Gasteiger partial charge in [-0.1, -0.05) is 42.5 Å². The van der Waals surface area contributed by atoms with Gasteiger partial charge >= 0.3 is 0 Å². The van der Waals surface area contributed by atoms with E-state index in [-0.39, 0.29) is 40.9 Å². The molecule has 3 amide bonds. The minimum Gasteiger partial charge on any atom is -0.482 e. The fourth-order valence-corrected chi connectivity index (χ4v) is 3.66. The molecule has 10 nitrogen and oxygen atoms in total. The van der Waals surface area contributed by atoms with Crippen LogP contribution < -0.4 is 20.3 Å². The maximum Gasteiger partial charge on any atom is 0.271 e. The van der Waals surface area contributed by atoms with E-state index in [2.05, 4.69) is 10.6 Å². The monoisotopic (exact) mass is 474 g/mol. The molecule has 0 aliphatic carbocycles. The molecule has 0 saturated carbocycles. The summed E-state index contributed by atoms with van der Waals surface area (Å²) in [6, 6.07) is 20.1. The lowest BCUT2D eigenvalue weighted by atomic mass is 10.1. The minimum atomic E-state index is -0.593. The molecule has 0 fully saturated rings. The average molecular weight is 474 g/mol. The van der Waals surface area contributed by atoms with Gasteiger partial charge in [0.15, 0.2) is 6.61 Å². The van der Waals surface area contributed by atoms with Gasteiger partial charge in [0.05, 0.1) is 21.9 Å². The number of para-hydroxylation sites is 1. The largest absolute Gasteiger partial charge is 0.482 e. The van der Waals surface area contributed by atoms with Gasteiger partial charge in [0.1, 0.15) is 12.3 Å². The molecule has 1 heterocycles. The number of nitro groups is 1. The summed E-state index contributed by atoms with van der Waals surface area (Å²) in [6.45, 7) is -0.276. The Bertz CT molecular complexity index is 1280. The third kappa shape index (κ3) is 5.61. The van der Waals surface area contributed by atoms with E-state index in [1.807, 2.05) is 30.3 Å². The van der Waals surface area contributed by atoms with Gasteiger partial charge in [0.25, 0.3) is 17.5 Å². The first-order valence-electron chi connectivity index (χ1n) is 10.8. The molecule has 4 rings (SSSR count). The van der Waals surface area contributed by atoms with Crippen molar-refractivity contribution in [3.63, 3.8) is 0 Å². The zero-order valence-electron chi connectivity index (χ0n) is 18.6. The maximum absolute atomic E-state index is 12.8. The summed E-state index contributed by atoms with van der Waals surface area (Å²) < 4.78 is 5.32. The molecule has 0 aromatic heterocycles. The van der Waals surface area contributed by atoms with Gasteiger partial charge in [-0.3, -0.25) is 29.4 Å². The molecule has 1 aliphatic heterocycles. The van der Waals surface area contributed by atoms with Crippen LogP contribution in [0.25, 0.3) is 0 Å². The standard InChI is InChI=1S/C25H22N4O6/c30-23(15-28-21-14-18(29(33)34)10-11-22(21)35-16-24(28)31)27-20-9-5-4-8-19(20)25(32)26-13-12-17-6-2-1-3-7-17/h1-11,14H,12-13,15-16H2,(H,26,32)(H,27,30). The molecular weight excluding hydrogens is 452 g/mol. The number of benzene rings is 3. The smallest absolute Gasteiger partial charge is 0.271 e. The molecule has 3 aromatic rings. The summed E-state index contributed by atoms with van der Waals surface area (Å²) >= 11 is 0. The van der Waals surface area contributed by atoms with Gasteiger partial charge in [-0.25, -0.2) is 0 Å². The number of amides is 3. The highest BCUT2D eigenvalue weighted by Gasteiger charge is 2.29. The van der Waals surface area contributed by atoms with E-state index < -0.39 is 23.3 Å². The second-order valence-corrected chi connectivity index (χ2v) is 7.76. The van der Waals surface area contributed by atoms with Crippen LogP contribution in [0.3, 0.4) is 0 Å². The number of nitrogens with one attached hydrogen (secondary N) is 2. The number of carbonyl (C=O) groups is 3. The Morgan fingerprint density at radius 2 is 1.77 bits per heavy atom. The molecular formula is C25H22N4O6. The van der Waals surface area contributed by atoms with E-state index in [4.69, 9.17) is 4.74 Å². The first-order chi connectivity index (χ1) is 16.9. The van der Waals surface area contributed by atoms with Gasteiger partial charge < -0.3 is 15.4 Å². The first-order valence-corrected chi connectivity index (χ1v) is 10.8. The third-order valence-electron chi connectivity index (χ3n) is 5.39. The zero-order valence-corrected chi connectivity index (χ0v) is 18.6. The lowest BCUT2D eigenvalue weighted by Gasteiger charge is -2.28. The zero-order chi connectivity index (χ0) is 24.8. The number of nitro benzene ring substituents is 1. The first kappa shape index (κ1) is 23.4. The van der Waals surface area contributed by atoms with Crippen molar-refractivity contribution in [1.29, 1.82) is 0 Å². The van der Waals surface area contributed by atoms with Crippen LogP contribution in [0.1, 0.15) is 15.9 Å². The number of hydrogen-bond donors (Lipinski definition) is 2. The van der Waals surface area contributed by atoms with E-state index in [0.717, 1.165) is 10.5 Å². The number of non-ortho nitro benzene ring substituents is 1. The van der Waals surface area contributed by atoms with Gasteiger partial charge in [-0.05, 0) is 30.2 Å². The van der Waals surface area contributed by atoms with Crippen LogP contribution in [0.4, 0.5) is 17.1 Å². The predicted molar refractivity (Wildman–Crippen MR) is 128 cm³/mol.